The number of nitrogens with one attached hydrogen (secondary N) is 1. The van der Waals surface area contributed by atoms with Gasteiger partial charge < -0.3 is 15.0 Å². The summed E-state index contributed by atoms with van der Waals surface area (Å²) in [4.78, 5) is 14.1. The number of methoxy groups -OCH3 is 1. The summed E-state index contributed by atoms with van der Waals surface area (Å²) in [5.74, 6) is 0.0863. The number of hydrogen-bond acceptors (Lipinski definition) is 3. The van der Waals surface area contributed by atoms with Crippen LogP contribution in [0, 0.1) is 0 Å². The van der Waals surface area contributed by atoms with E-state index in [1.165, 1.54) is 0 Å². The lowest BCUT2D eigenvalue weighted by molar-refractivity contribution is 0.0773. The van der Waals surface area contributed by atoms with E-state index in [0.29, 0.717) is 6.04 Å². The van der Waals surface area contributed by atoms with Crippen LogP contribution < -0.4 is 5.32 Å². The molecule has 1 N–H and O–H groups in total. The SMILES string of the molecule is CCN(CC)C(=O)c1cccc(NC(C)CCOC)c1. The summed E-state index contributed by atoms with van der Waals surface area (Å²) < 4.78 is 5.07. The third kappa shape index (κ3) is 4.85. The minimum atomic E-state index is 0.0863. The van der Waals surface area contributed by atoms with Crippen LogP contribution in [0.15, 0.2) is 24.3 Å². The molecule has 0 radical (unpaired) electrons. The third-order valence-corrected chi connectivity index (χ3v) is 3.33. The van der Waals surface area contributed by atoms with Gasteiger partial charge in [0.15, 0.2) is 0 Å². The lowest BCUT2D eigenvalue weighted by Gasteiger charge is -2.20. The van der Waals surface area contributed by atoms with Crippen LogP contribution in [0.1, 0.15) is 37.6 Å². The normalized spacial score (nSPS) is 12.0. The van der Waals surface area contributed by atoms with Crippen molar-refractivity contribution in [3.05, 3.63) is 29.8 Å². The molecular weight excluding hydrogens is 252 g/mol. The van der Waals surface area contributed by atoms with Gasteiger partial charge in [-0.05, 0) is 45.4 Å². The molecule has 4 heteroatoms. The Morgan fingerprint density at radius 3 is 2.65 bits per heavy atom. The lowest BCUT2D eigenvalue weighted by Crippen LogP contribution is -2.30. The van der Waals surface area contributed by atoms with Crippen molar-refractivity contribution in [1.82, 2.24) is 4.90 Å². The number of rotatable bonds is 8. The van der Waals surface area contributed by atoms with Gasteiger partial charge in [-0.25, -0.2) is 0 Å². The zero-order valence-corrected chi connectivity index (χ0v) is 13.0. The second kappa shape index (κ2) is 8.59. The monoisotopic (exact) mass is 278 g/mol. The maximum Gasteiger partial charge on any atom is 0.253 e. The van der Waals surface area contributed by atoms with E-state index in [4.69, 9.17) is 4.74 Å². The molecule has 1 aromatic rings. The van der Waals surface area contributed by atoms with Crippen molar-refractivity contribution in [2.24, 2.45) is 0 Å². The van der Waals surface area contributed by atoms with E-state index in [0.717, 1.165) is 37.4 Å². The number of hydrogen-bond donors (Lipinski definition) is 1. The quantitative estimate of drug-likeness (QED) is 0.795. The molecule has 4 nitrogen and oxygen atoms in total. The first kappa shape index (κ1) is 16.5. The number of amides is 1. The van der Waals surface area contributed by atoms with Gasteiger partial charge in [-0.3, -0.25) is 4.79 Å². The number of carbonyl (C=O) groups is 1. The van der Waals surface area contributed by atoms with E-state index in [9.17, 15) is 4.79 Å². The molecule has 1 rings (SSSR count). The minimum absolute atomic E-state index is 0.0863. The number of nitrogens with zero attached hydrogens (tertiary/aromatic N) is 1. The van der Waals surface area contributed by atoms with Gasteiger partial charge in [0.25, 0.3) is 5.91 Å². The Hall–Kier alpha value is -1.55. The molecule has 1 aromatic carbocycles. The second-order valence-corrected chi connectivity index (χ2v) is 4.89. The lowest BCUT2D eigenvalue weighted by atomic mass is 10.1. The summed E-state index contributed by atoms with van der Waals surface area (Å²) in [6.45, 7) is 8.30. The maximum atomic E-state index is 12.3. The summed E-state index contributed by atoms with van der Waals surface area (Å²) in [7, 11) is 1.70. The second-order valence-electron chi connectivity index (χ2n) is 4.89. The van der Waals surface area contributed by atoms with E-state index in [1.54, 1.807) is 7.11 Å². The highest BCUT2D eigenvalue weighted by Crippen LogP contribution is 2.14. The number of benzene rings is 1. The number of ether oxygens (including phenoxy) is 1. The first-order valence-corrected chi connectivity index (χ1v) is 7.27. The average molecular weight is 278 g/mol. The summed E-state index contributed by atoms with van der Waals surface area (Å²) in [6.07, 6.45) is 0.935. The molecule has 0 aliphatic rings. The van der Waals surface area contributed by atoms with Gasteiger partial charge in [-0.1, -0.05) is 6.07 Å². The largest absolute Gasteiger partial charge is 0.385 e. The highest BCUT2D eigenvalue weighted by atomic mass is 16.5. The summed E-state index contributed by atoms with van der Waals surface area (Å²) in [6, 6.07) is 8.01. The molecule has 0 saturated carbocycles. The molecule has 20 heavy (non-hydrogen) atoms. The van der Waals surface area contributed by atoms with E-state index >= 15 is 0 Å². The topological polar surface area (TPSA) is 41.6 Å². The van der Waals surface area contributed by atoms with Crippen molar-refractivity contribution in [2.75, 3.05) is 32.1 Å². The van der Waals surface area contributed by atoms with Crippen LogP contribution in [0.5, 0.6) is 0 Å². The molecule has 0 saturated heterocycles. The predicted molar refractivity (Wildman–Crippen MR) is 83.3 cm³/mol. The standard InChI is InChI=1S/C16H26N2O2/c1-5-18(6-2)16(19)14-8-7-9-15(12-14)17-13(3)10-11-20-4/h7-9,12-13,17H,5-6,10-11H2,1-4H3. The summed E-state index contributed by atoms with van der Waals surface area (Å²) in [5, 5.41) is 3.40. The van der Waals surface area contributed by atoms with E-state index in [1.807, 2.05) is 43.0 Å². The van der Waals surface area contributed by atoms with Gasteiger partial charge in [0.05, 0.1) is 0 Å². The third-order valence-electron chi connectivity index (χ3n) is 3.33. The Morgan fingerprint density at radius 2 is 2.05 bits per heavy atom. The highest BCUT2D eigenvalue weighted by Gasteiger charge is 2.12. The Kier molecular flexibility index (Phi) is 7.09. The van der Waals surface area contributed by atoms with E-state index in [2.05, 4.69) is 12.2 Å². The molecule has 1 amide bonds. The maximum absolute atomic E-state index is 12.3. The fourth-order valence-electron chi connectivity index (χ4n) is 2.09. The van der Waals surface area contributed by atoms with Gasteiger partial charge in [0, 0.05) is 44.1 Å². The Labute approximate surface area is 122 Å². The van der Waals surface area contributed by atoms with Crippen molar-refractivity contribution in [2.45, 2.75) is 33.2 Å². The molecule has 0 aromatic heterocycles. The smallest absolute Gasteiger partial charge is 0.253 e. The summed E-state index contributed by atoms with van der Waals surface area (Å²) in [5.41, 5.74) is 1.71. The first-order valence-electron chi connectivity index (χ1n) is 7.27. The van der Waals surface area contributed by atoms with Crippen molar-refractivity contribution in [3.63, 3.8) is 0 Å². The Morgan fingerprint density at radius 1 is 1.35 bits per heavy atom. The van der Waals surface area contributed by atoms with Gasteiger partial charge >= 0.3 is 0 Å². The van der Waals surface area contributed by atoms with Crippen molar-refractivity contribution in [1.29, 1.82) is 0 Å². The zero-order valence-electron chi connectivity index (χ0n) is 13.0. The molecular formula is C16H26N2O2. The molecule has 0 aliphatic carbocycles. The number of carbonyl (C=O) groups excluding carboxylic acids is 1. The molecule has 1 atom stereocenters. The van der Waals surface area contributed by atoms with Gasteiger partial charge in [-0.2, -0.15) is 0 Å². The van der Waals surface area contributed by atoms with Crippen molar-refractivity contribution >= 4 is 11.6 Å². The van der Waals surface area contributed by atoms with Gasteiger partial charge in [-0.15, -0.1) is 0 Å². The molecule has 0 heterocycles. The van der Waals surface area contributed by atoms with Gasteiger partial charge in [0.2, 0.25) is 0 Å². The van der Waals surface area contributed by atoms with Crippen LogP contribution in [-0.4, -0.2) is 43.7 Å². The van der Waals surface area contributed by atoms with Crippen LogP contribution >= 0.6 is 0 Å². The Bertz CT molecular complexity index is 417. The molecule has 1 unspecified atom stereocenters. The molecule has 0 bridgehead atoms. The van der Waals surface area contributed by atoms with Crippen molar-refractivity contribution in [3.8, 4) is 0 Å². The molecule has 112 valence electrons. The predicted octanol–water partition coefficient (Wildman–Crippen LogP) is 3.01. The van der Waals surface area contributed by atoms with Crippen molar-refractivity contribution < 1.29 is 9.53 Å². The zero-order chi connectivity index (χ0) is 15.0. The van der Waals surface area contributed by atoms with E-state index < -0.39 is 0 Å². The van der Waals surface area contributed by atoms with Crippen LogP contribution in [0.2, 0.25) is 0 Å². The summed E-state index contributed by atoms with van der Waals surface area (Å²) >= 11 is 0. The molecule has 0 spiro atoms. The molecule has 0 fully saturated rings. The van der Waals surface area contributed by atoms with Crippen LogP contribution in [0.3, 0.4) is 0 Å². The molecule has 0 aliphatic heterocycles. The van der Waals surface area contributed by atoms with Crippen LogP contribution in [0.4, 0.5) is 5.69 Å². The minimum Gasteiger partial charge on any atom is -0.385 e. The first-order chi connectivity index (χ1) is 9.62. The average Bonchev–Trinajstić information content (AvgIpc) is 2.46. The Balaban J connectivity index is 2.72. The fraction of sp³-hybridized carbons (Fsp3) is 0.562. The van der Waals surface area contributed by atoms with Gasteiger partial charge in [0.1, 0.15) is 0 Å². The number of anilines is 1. The highest BCUT2D eigenvalue weighted by molar-refractivity contribution is 5.95. The fourth-order valence-corrected chi connectivity index (χ4v) is 2.09. The van der Waals surface area contributed by atoms with Crippen LogP contribution in [0.25, 0.3) is 0 Å². The van der Waals surface area contributed by atoms with Crippen LogP contribution in [-0.2, 0) is 4.74 Å². The van der Waals surface area contributed by atoms with E-state index in [-0.39, 0.29) is 5.91 Å².